The second-order valence-electron chi connectivity index (χ2n) is 4.61. The van der Waals surface area contributed by atoms with E-state index in [2.05, 4.69) is 15.2 Å². The van der Waals surface area contributed by atoms with Gasteiger partial charge in [0.1, 0.15) is 5.82 Å². The summed E-state index contributed by atoms with van der Waals surface area (Å²) in [5, 5.41) is 7.03. The first kappa shape index (κ1) is 13.9. The Morgan fingerprint density at radius 3 is 2.73 bits per heavy atom. The second-order valence-corrected chi connectivity index (χ2v) is 4.61. The number of H-pyrrole nitrogens is 1. The summed E-state index contributed by atoms with van der Waals surface area (Å²) in [6, 6.07) is 11.3. The predicted octanol–water partition coefficient (Wildman–Crippen LogP) is 2.87. The molecule has 0 aliphatic rings. The fourth-order valence-corrected chi connectivity index (χ4v) is 2.20. The van der Waals surface area contributed by atoms with Gasteiger partial charge in [0.15, 0.2) is 6.10 Å². The van der Waals surface area contributed by atoms with Crippen LogP contribution in [0.3, 0.4) is 0 Å². The Balaban J connectivity index is 1.96. The molecule has 0 saturated carbocycles. The molecule has 3 aromatic rings. The van der Waals surface area contributed by atoms with Crippen molar-refractivity contribution in [2.24, 2.45) is 0 Å². The summed E-state index contributed by atoms with van der Waals surface area (Å²) in [4.78, 5) is 14.7. The molecule has 0 bridgehead atoms. The van der Waals surface area contributed by atoms with Gasteiger partial charge in [-0.2, -0.15) is 5.10 Å². The molecule has 6 heteroatoms. The Kier molecular flexibility index (Phi) is 3.91. The lowest BCUT2D eigenvalue weighted by atomic mass is 10.1. The van der Waals surface area contributed by atoms with Gasteiger partial charge in [-0.25, -0.2) is 4.39 Å². The number of nitrogens with zero attached hydrogens (tertiary/aromatic N) is 2. The molecule has 2 heterocycles. The maximum absolute atomic E-state index is 13.4. The molecule has 110 valence electrons. The van der Waals surface area contributed by atoms with Crippen molar-refractivity contribution in [3.63, 3.8) is 0 Å². The number of aromatic amines is 1. The highest BCUT2D eigenvalue weighted by molar-refractivity contribution is 5.58. The number of hydrogen-bond donors (Lipinski definition) is 1. The predicted molar refractivity (Wildman–Crippen MR) is 77.2 cm³/mol. The highest BCUT2D eigenvalue weighted by atomic mass is 19.1. The van der Waals surface area contributed by atoms with Gasteiger partial charge in [-0.15, -0.1) is 0 Å². The molecule has 0 radical (unpaired) electrons. The number of nitrogens with one attached hydrogen (secondary N) is 1. The Morgan fingerprint density at radius 2 is 2.00 bits per heavy atom. The van der Waals surface area contributed by atoms with Crippen LogP contribution in [0, 0.1) is 5.82 Å². The normalized spacial score (nSPS) is 11.9. The lowest BCUT2D eigenvalue weighted by Gasteiger charge is -2.13. The van der Waals surface area contributed by atoms with E-state index in [0.717, 1.165) is 5.56 Å². The number of benzene rings is 1. The molecule has 0 aliphatic heterocycles. The lowest BCUT2D eigenvalue weighted by Crippen LogP contribution is -2.06. The van der Waals surface area contributed by atoms with Crippen LogP contribution in [0.2, 0.25) is 0 Å². The summed E-state index contributed by atoms with van der Waals surface area (Å²) in [5.41, 5.74) is 2.65. The molecule has 22 heavy (non-hydrogen) atoms. The van der Waals surface area contributed by atoms with Gasteiger partial charge in [-0.3, -0.25) is 14.9 Å². The molecule has 0 saturated heterocycles. The van der Waals surface area contributed by atoms with Gasteiger partial charge in [-0.1, -0.05) is 12.1 Å². The first-order chi connectivity index (χ1) is 10.8. The van der Waals surface area contributed by atoms with Crippen LogP contribution in [-0.2, 0) is 9.53 Å². The van der Waals surface area contributed by atoms with Crippen molar-refractivity contribution in [1.29, 1.82) is 0 Å². The van der Waals surface area contributed by atoms with Crippen LogP contribution >= 0.6 is 0 Å². The largest absolute Gasteiger partial charge is 0.453 e. The maximum atomic E-state index is 13.4. The first-order valence-electron chi connectivity index (χ1n) is 6.58. The van der Waals surface area contributed by atoms with Crippen LogP contribution < -0.4 is 0 Å². The second kappa shape index (κ2) is 6.17. The van der Waals surface area contributed by atoms with Crippen molar-refractivity contribution in [2.45, 2.75) is 6.10 Å². The van der Waals surface area contributed by atoms with Crippen molar-refractivity contribution in [3.05, 3.63) is 71.9 Å². The molecule has 0 fully saturated rings. The minimum absolute atomic E-state index is 0.336. The van der Waals surface area contributed by atoms with Crippen LogP contribution in [-0.4, -0.2) is 21.7 Å². The molecule has 0 aliphatic carbocycles. The highest BCUT2D eigenvalue weighted by Gasteiger charge is 2.19. The molecule has 0 amide bonds. The number of aromatic nitrogens is 3. The van der Waals surface area contributed by atoms with Gasteiger partial charge in [-0.05, 0) is 30.3 Å². The molecular weight excluding hydrogens is 285 g/mol. The molecule has 1 unspecified atom stereocenters. The van der Waals surface area contributed by atoms with Crippen molar-refractivity contribution >= 4 is 6.47 Å². The third-order valence-corrected chi connectivity index (χ3v) is 3.20. The van der Waals surface area contributed by atoms with E-state index in [1.807, 2.05) is 12.1 Å². The number of carbonyl (C=O) groups excluding carboxylic acids is 1. The first-order valence-corrected chi connectivity index (χ1v) is 6.58. The Hall–Kier alpha value is -3.02. The van der Waals surface area contributed by atoms with E-state index in [4.69, 9.17) is 4.74 Å². The molecule has 5 nitrogen and oxygen atoms in total. The van der Waals surface area contributed by atoms with Gasteiger partial charge in [0, 0.05) is 23.5 Å². The minimum Gasteiger partial charge on any atom is -0.453 e. The van der Waals surface area contributed by atoms with E-state index in [1.165, 1.54) is 12.1 Å². The zero-order chi connectivity index (χ0) is 15.4. The Labute approximate surface area is 125 Å². The minimum atomic E-state index is -0.740. The smallest absolute Gasteiger partial charge is 0.294 e. The number of carbonyl (C=O) groups is 1. The number of ether oxygens (including phenoxy) is 1. The van der Waals surface area contributed by atoms with Crippen LogP contribution in [0.1, 0.15) is 17.4 Å². The van der Waals surface area contributed by atoms with E-state index in [-0.39, 0.29) is 0 Å². The number of hydrogen-bond acceptors (Lipinski definition) is 4. The van der Waals surface area contributed by atoms with Gasteiger partial charge >= 0.3 is 0 Å². The van der Waals surface area contributed by atoms with Gasteiger partial charge in [0.05, 0.1) is 11.4 Å². The summed E-state index contributed by atoms with van der Waals surface area (Å²) < 4.78 is 18.5. The van der Waals surface area contributed by atoms with E-state index in [0.29, 0.717) is 23.4 Å². The maximum Gasteiger partial charge on any atom is 0.294 e. The fraction of sp³-hybridized carbons (Fsp3) is 0.0625. The monoisotopic (exact) mass is 297 g/mol. The van der Waals surface area contributed by atoms with Crippen LogP contribution in [0.4, 0.5) is 4.39 Å². The molecule has 1 N–H and O–H groups in total. The third-order valence-electron chi connectivity index (χ3n) is 3.20. The SMILES string of the molecule is O=COC(c1cccc(F)c1)c1cc(-c2ccncc2)n[nH]1. The van der Waals surface area contributed by atoms with E-state index >= 15 is 0 Å². The molecular formula is C16H12FN3O2. The number of pyridine rings is 1. The average molecular weight is 297 g/mol. The quantitative estimate of drug-likeness (QED) is 0.735. The topological polar surface area (TPSA) is 67.9 Å². The Bertz CT molecular complexity index is 774. The molecule has 2 aromatic heterocycles. The molecule has 0 spiro atoms. The number of rotatable bonds is 5. The van der Waals surface area contributed by atoms with Crippen molar-refractivity contribution in [1.82, 2.24) is 15.2 Å². The van der Waals surface area contributed by atoms with E-state index in [9.17, 15) is 9.18 Å². The summed E-state index contributed by atoms with van der Waals surface area (Å²) >= 11 is 0. The summed E-state index contributed by atoms with van der Waals surface area (Å²) in [7, 11) is 0. The number of halogens is 1. The molecule has 1 atom stereocenters. The zero-order valence-electron chi connectivity index (χ0n) is 11.4. The lowest BCUT2D eigenvalue weighted by molar-refractivity contribution is -0.132. The highest BCUT2D eigenvalue weighted by Crippen LogP contribution is 2.27. The summed E-state index contributed by atoms with van der Waals surface area (Å²) in [5.74, 6) is -0.397. The summed E-state index contributed by atoms with van der Waals surface area (Å²) in [6.07, 6.45) is 2.59. The van der Waals surface area contributed by atoms with Crippen molar-refractivity contribution < 1.29 is 13.9 Å². The van der Waals surface area contributed by atoms with Crippen molar-refractivity contribution in [3.8, 4) is 11.3 Å². The molecule has 1 aromatic carbocycles. The van der Waals surface area contributed by atoms with Crippen molar-refractivity contribution in [2.75, 3.05) is 0 Å². The van der Waals surface area contributed by atoms with Crippen LogP contribution in [0.15, 0.2) is 54.9 Å². The fourth-order valence-electron chi connectivity index (χ4n) is 2.20. The van der Waals surface area contributed by atoms with Gasteiger partial charge < -0.3 is 4.74 Å². The van der Waals surface area contributed by atoms with Gasteiger partial charge in [0.2, 0.25) is 0 Å². The average Bonchev–Trinajstić information content (AvgIpc) is 3.03. The summed E-state index contributed by atoms with van der Waals surface area (Å²) in [6.45, 7) is 0.336. The van der Waals surface area contributed by atoms with Gasteiger partial charge in [0.25, 0.3) is 6.47 Å². The van der Waals surface area contributed by atoms with E-state index in [1.54, 1.807) is 30.6 Å². The van der Waals surface area contributed by atoms with Crippen LogP contribution in [0.5, 0.6) is 0 Å². The zero-order valence-corrected chi connectivity index (χ0v) is 11.4. The Morgan fingerprint density at radius 1 is 1.18 bits per heavy atom. The van der Waals surface area contributed by atoms with Crippen LogP contribution in [0.25, 0.3) is 11.3 Å². The molecule has 3 rings (SSSR count). The third kappa shape index (κ3) is 2.85. The standard InChI is InChI=1S/C16H12FN3O2/c17-13-3-1-2-12(8-13)16(22-10-21)15-9-14(19-20-15)11-4-6-18-7-5-11/h1-10,16H,(H,19,20). The van der Waals surface area contributed by atoms with E-state index < -0.39 is 11.9 Å².